The predicted molar refractivity (Wildman–Crippen MR) is 368 cm³/mol. The van der Waals surface area contributed by atoms with Gasteiger partial charge in [-0.05, 0) is 140 Å². The lowest BCUT2D eigenvalue weighted by Crippen LogP contribution is -2.64. The van der Waals surface area contributed by atoms with E-state index in [1.54, 1.807) is 25.4 Å². The number of amides is 6. The Balaban J connectivity index is 0.645. The molecule has 30 heteroatoms. The number of hydrogen-bond donors (Lipinski definition) is 8. The van der Waals surface area contributed by atoms with Crippen LogP contribution in [0.25, 0.3) is 21.3 Å². The molecule has 8 N–H and O–H groups in total. The summed E-state index contributed by atoms with van der Waals surface area (Å²) in [5, 5.41) is 64.7. The zero-order valence-electron chi connectivity index (χ0n) is 57.1. The summed E-state index contributed by atoms with van der Waals surface area (Å²) in [6, 6.07) is 21.5. The maximum absolute atomic E-state index is 13.8. The number of aromatic carboxylic acids is 1. The number of aromatic nitrogens is 4. The number of nitrogens with one attached hydrogen (secondary N) is 3. The summed E-state index contributed by atoms with van der Waals surface area (Å²) in [6.07, 6.45) is 0.228. The Kier molecular flexibility index (Phi) is 21.5. The number of aliphatic hydroxyl groups is 3. The minimum absolute atomic E-state index is 0.0166. The van der Waals surface area contributed by atoms with Crippen LogP contribution in [-0.4, -0.2) is 199 Å². The number of carboxylic acid groups (broad SMARTS) is 2. The molecule has 7 aliphatic rings. The van der Waals surface area contributed by atoms with Crippen LogP contribution in [0.1, 0.15) is 121 Å². The second kappa shape index (κ2) is 30.3. The van der Waals surface area contributed by atoms with Gasteiger partial charge in [0.1, 0.15) is 43.1 Å². The molecular weight excluding hydrogens is 1340 g/mol. The summed E-state index contributed by atoms with van der Waals surface area (Å²) >= 11 is 1.40. The fraction of sp³-hybridized carbons (Fsp3) is 0.486. The molecule has 1 saturated heterocycles. The average molecular weight is 1430 g/mol. The number of thiazole rings is 1. The third-order valence-electron chi connectivity index (χ3n) is 20.0. The third kappa shape index (κ3) is 16.2. The van der Waals surface area contributed by atoms with Gasteiger partial charge in [-0.3, -0.25) is 39.4 Å². The molecule has 5 fully saturated rings. The van der Waals surface area contributed by atoms with Crippen molar-refractivity contribution in [3.8, 4) is 16.9 Å². The van der Waals surface area contributed by atoms with Crippen molar-refractivity contribution >= 4 is 85.9 Å². The largest absolute Gasteiger partial charge is 0.489 e. The van der Waals surface area contributed by atoms with E-state index in [9.17, 15) is 63.9 Å². The van der Waals surface area contributed by atoms with Crippen LogP contribution in [0.15, 0.2) is 91.1 Å². The van der Waals surface area contributed by atoms with E-state index in [2.05, 4.69) is 34.8 Å². The number of carbonyl (C=O) groups excluding carboxylic acids is 6. The number of ether oxygens (including phenoxy) is 6. The van der Waals surface area contributed by atoms with Gasteiger partial charge in [0, 0.05) is 87.3 Å². The summed E-state index contributed by atoms with van der Waals surface area (Å²) in [5.74, 6) is -3.49. The maximum atomic E-state index is 13.8. The van der Waals surface area contributed by atoms with Gasteiger partial charge < -0.3 is 69.1 Å². The first kappa shape index (κ1) is 72.4. The normalized spacial score (nSPS) is 24.8. The molecule has 7 atom stereocenters. The van der Waals surface area contributed by atoms with Gasteiger partial charge in [0.05, 0.1) is 47.5 Å². The van der Waals surface area contributed by atoms with Crippen molar-refractivity contribution < 1.29 is 92.3 Å². The van der Waals surface area contributed by atoms with E-state index in [1.807, 2.05) is 59.0 Å². The maximum Gasteiger partial charge on any atom is 0.414 e. The highest BCUT2D eigenvalue weighted by Gasteiger charge is 2.66. The van der Waals surface area contributed by atoms with Gasteiger partial charge in [0.15, 0.2) is 16.9 Å². The number of fused-ring (bicyclic) bond motifs is 2. The number of anilines is 3. The number of nitrogens with zero attached hydrogens (tertiary/aromatic N) is 7. The monoisotopic (exact) mass is 1420 g/mol. The quantitative estimate of drug-likeness (QED) is 0.0170. The summed E-state index contributed by atoms with van der Waals surface area (Å²) in [5.41, 5.74) is 4.70. The summed E-state index contributed by atoms with van der Waals surface area (Å²) in [4.78, 5) is 115. The van der Waals surface area contributed by atoms with Crippen LogP contribution in [0.5, 0.6) is 5.75 Å². The molecule has 2 unspecified atom stereocenters. The molecule has 13 rings (SSSR count). The van der Waals surface area contributed by atoms with Gasteiger partial charge in [-0.2, -0.15) is 5.10 Å². The second-order valence-corrected chi connectivity index (χ2v) is 29.3. The Hall–Kier alpha value is -9.43. The number of likely N-dealkylation sites (N-methyl/N-ethyl adjacent to an activating group) is 1. The van der Waals surface area contributed by atoms with Crippen molar-refractivity contribution in [2.75, 3.05) is 75.2 Å². The van der Waals surface area contributed by atoms with Crippen LogP contribution in [0.4, 0.5) is 26.2 Å². The minimum Gasteiger partial charge on any atom is -0.489 e. The van der Waals surface area contributed by atoms with E-state index in [1.165, 1.54) is 46.6 Å². The van der Waals surface area contributed by atoms with Crippen LogP contribution in [-0.2, 0) is 69.0 Å². The number of aliphatic hydroxyl groups excluding tert-OH is 3. The van der Waals surface area contributed by atoms with Gasteiger partial charge >= 0.3 is 24.1 Å². The number of para-hydroxylation sites is 1. The molecule has 3 aromatic carbocycles. The van der Waals surface area contributed by atoms with E-state index < -0.39 is 60.4 Å². The van der Waals surface area contributed by atoms with E-state index >= 15 is 0 Å². The lowest BCUT2D eigenvalue weighted by atomic mass is 9.39. The number of hydrogen-bond acceptors (Lipinski definition) is 22. The molecule has 29 nitrogen and oxygen atoms in total. The standard InChI is InChI=1S/C72H84N10O19S/c1-42-47(45-17-19-53(77-57(45)63(90)91)80-25-22-44-11-10-12-46(48(44)33-80)62(89)78-66-75-50-13-7-8-14-52(50)102-66)32-74-82(42)41-71-36-69(2)35-70(3,37-71)39-72(38-69,40-71)99-28-26-79(4)68(95)98-34-43-16-18-49(76-67(94)101-65-60(88)58(86)59(87)61(100-65)64(92)93)51(31-43)97-30-29-96-27-23-73-54(83)15-6-5-9-24-81-55(84)20-21-56(81)85/h7-8,10-14,16-21,31-32,58-61,65,86-88H,5-6,9,15,22-30,33-41H2,1-4H3,(H,73,83)(H,76,94)(H,90,91)(H,92,93)(H,75,78,89)/t58-,59+,60-,61-,65-,69?,70?,71?,72?/m0/s1. The van der Waals surface area contributed by atoms with Crippen molar-refractivity contribution in [2.45, 2.75) is 147 Å². The molecule has 4 bridgehead atoms. The first-order chi connectivity index (χ1) is 48.8. The number of aliphatic carboxylic acids is 1. The second-order valence-electron chi connectivity index (χ2n) is 28.3. The zero-order valence-corrected chi connectivity index (χ0v) is 57.9. The van der Waals surface area contributed by atoms with Crippen LogP contribution in [0, 0.1) is 23.2 Å². The molecule has 3 aliphatic heterocycles. The van der Waals surface area contributed by atoms with Gasteiger partial charge in [-0.1, -0.05) is 61.9 Å². The van der Waals surface area contributed by atoms with Gasteiger partial charge in [0.2, 0.25) is 12.2 Å². The predicted octanol–water partition coefficient (Wildman–Crippen LogP) is 7.22. The molecule has 6 aromatic rings. The molecular formula is C72H84N10O19S. The lowest BCUT2D eigenvalue weighted by Gasteiger charge is -2.69. The van der Waals surface area contributed by atoms with Gasteiger partial charge in [0.25, 0.3) is 17.7 Å². The number of unbranched alkanes of at least 4 members (excludes halogenated alkanes) is 2. The number of benzene rings is 3. The molecule has 102 heavy (non-hydrogen) atoms. The van der Waals surface area contributed by atoms with Gasteiger partial charge in [-0.25, -0.2) is 29.1 Å². The minimum atomic E-state index is -2.03. The smallest absolute Gasteiger partial charge is 0.414 e. The Morgan fingerprint density at radius 1 is 0.804 bits per heavy atom. The fourth-order valence-corrected chi connectivity index (χ4v) is 17.4. The SMILES string of the molecule is Cc1c(-c2ccc(N3CCc4cccc(C(=O)Nc5nc6ccccc6s5)c4C3)nc2C(=O)O)cnn1CC12CC3(C)CC(C)(C1)CC(OCCN(C)C(=O)OCc1ccc(NC(=O)O[C@@H]4O[C@H](C(=O)O)[C@H](O)[C@H](O)[C@@H]4O)c(OCCOCCNC(=O)CCCCCN4C(=O)C=CC4=O)c1)(C3)C2. The molecule has 4 saturated carbocycles. The molecule has 4 aliphatic carbocycles. The van der Waals surface area contributed by atoms with Crippen molar-refractivity contribution in [2.24, 2.45) is 16.2 Å². The highest BCUT2D eigenvalue weighted by molar-refractivity contribution is 7.22. The first-order valence-corrected chi connectivity index (χ1v) is 35.0. The van der Waals surface area contributed by atoms with Crippen LogP contribution in [0.3, 0.4) is 0 Å². The van der Waals surface area contributed by atoms with Crippen LogP contribution >= 0.6 is 11.3 Å². The molecule has 0 spiro atoms. The van der Waals surface area contributed by atoms with E-state index in [-0.39, 0.29) is 116 Å². The molecule has 6 heterocycles. The number of carboxylic acids is 2. The van der Waals surface area contributed by atoms with E-state index in [0.29, 0.717) is 78.5 Å². The number of pyridine rings is 1. The van der Waals surface area contributed by atoms with Gasteiger partial charge in [-0.15, -0.1) is 0 Å². The van der Waals surface area contributed by atoms with Crippen molar-refractivity contribution in [3.63, 3.8) is 0 Å². The number of imide groups is 1. The highest BCUT2D eigenvalue weighted by atomic mass is 32.1. The molecule has 6 amide bonds. The Labute approximate surface area is 591 Å². The fourth-order valence-electron chi connectivity index (χ4n) is 16.5. The zero-order chi connectivity index (χ0) is 72.3. The van der Waals surface area contributed by atoms with Crippen molar-refractivity contribution in [1.29, 1.82) is 0 Å². The van der Waals surface area contributed by atoms with E-state index in [4.69, 9.17) is 38.5 Å². The van der Waals surface area contributed by atoms with Crippen LogP contribution in [0.2, 0.25) is 0 Å². The molecule has 542 valence electrons. The van der Waals surface area contributed by atoms with E-state index in [0.717, 1.165) is 70.5 Å². The Morgan fingerprint density at radius 2 is 1.58 bits per heavy atom. The topological polar surface area (TPSA) is 382 Å². The number of rotatable bonds is 29. The summed E-state index contributed by atoms with van der Waals surface area (Å²) < 4.78 is 37.7. The third-order valence-corrected chi connectivity index (χ3v) is 21.0. The Bertz CT molecular complexity index is 4170. The van der Waals surface area contributed by atoms with Crippen LogP contribution < -0.4 is 25.6 Å². The average Bonchev–Trinajstić information content (AvgIpc) is 0.770. The highest BCUT2D eigenvalue weighted by Crippen LogP contribution is 2.72. The van der Waals surface area contributed by atoms with Crippen molar-refractivity contribution in [3.05, 3.63) is 125 Å². The Morgan fingerprint density at radius 3 is 2.33 bits per heavy atom. The lowest BCUT2D eigenvalue weighted by molar-refractivity contribution is -0.277. The number of carbonyl (C=O) groups is 8. The summed E-state index contributed by atoms with van der Waals surface area (Å²) in [7, 11) is 1.61. The first-order valence-electron chi connectivity index (χ1n) is 34.1. The van der Waals surface area contributed by atoms with Crippen molar-refractivity contribution in [1.82, 2.24) is 34.9 Å². The molecule has 0 radical (unpaired) electrons. The summed E-state index contributed by atoms with van der Waals surface area (Å²) in [6.45, 7) is 8.86. The molecule has 3 aromatic heterocycles.